The van der Waals surface area contributed by atoms with E-state index in [1.807, 2.05) is 0 Å². The summed E-state index contributed by atoms with van der Waals surface area (Å²) in [5.41, 5.74) is 0. The highest BCUT2D eigenvalue weighted by molar-refractivity contribution is 5.87. The van der Waals surface area contributed by atoms with E-state index in [-0.39, 0.29) is 6.54 Å². The molecule has 1 nitrogen and oxygen atoms in total. The molecule has 0 aromatic rings. The van der Waals surface area contributed by atoms with Crippen LogP contribution < -0.4 is 0 Å². The van der Waals surface area contributed by atoms with E-state index in [4.69, 9.17) is 0 Å². The predicted molar refractivity (Wildman–Crippen MR) is 31.7 cm³/mol. The topological polar surface area (TPSA) is 12.4 Å². The maximum Gasteiger partial charge on any atom is 0.208 e. The van der Waals surface area contributed by atoms with E-state index >= 15 is 0 Å². The van der Waals surface area contributed by atoms with Gasteiger partial charge in [0.15, 0.2) is 0 Å². The van der Waals surface area contributed by atoms with Gasteiger partial charge >= 0.3 is 0 Å². The monoisotopic (exact) mass is 129 g/mol. The molecule has 0 radical (unpaired) electrons. The van der Waals surface area contributed by atoms with E-state index in [9.17, 15) is 8.78 Å². The van der Waals surface area contributed by atoms with Crippen molar-refractivity contribution < 1.29 is 8.78 Å². The van der Waals surface area contributed by atoms with Crippen LogP contribution in [0.4, 0.5) is 8.78 Å². The Kier molecular flexibility index (Phi) is 1.72. The van der Waals surface area contributed by atoms with E-state index < -0.39 is 11.8 Å². The highest BCUT2D eigenvalue weighted by Gasteiger charge is 1.96. The Morgan fingerprint density at radius 1 is 1.44 bits per heavy atom. The fraction of sp³-hybridized carbons (Fsp3) is 0.167. The first-order chi connectivity index (χ1) is 4.29. The van der Waals surface area contributed by atoms with Gasteiger partial charge in [0, 0.05) is 0 Å². The molecule has 0 bridgehead atoms. The van der Waals surface area contributed by atoms with Gasteiger partial charge in [0.05, 0.1) is 6.54 Å². The second-order valence-electron chi connectivity index (χ2n) is 1.61. The van der Waals surface area contributed by atoms with Crippen LogP contribution in [0.25, 0.3) is 0 Å². The van der Waals surface area contributed by atoms with E-state index in [2.05, 4.69) is 4.99 Å². The molecule has 0 saturated heterocycles. The molecule has 1 rings (SSSR count). The number of allylic oxidation sites excluding steroid dienone is 3. The third kappa shape index (κ3) is 1.76. The minimum absolute atomic E-state index is 0.182. The zero-order valence-electron chi connectivity index (χ0n) is 4.64. The normalized spacial score (nSPS) is 18.4. The van der Waals surface area contributed by atoms with E-state index in [0.717, 1.165) is 6.08 Å². The van der Waals surface area contributed by atoms with E-state index in [1.165, 1.54) is 12.2 Å². The molecular formula is C6H5F2N. The van der Waals surface area contributed by atoms with Crippen LogP contribution in [-0.2, 0) is 0 Å². The van der Waals surface area contributed by atoms with Crippen LogP contribution in [0.2, 0.25) is 0 Å². The van der Waals surface area contributed by atoms with Crippen molar-refractivity contribution >= 4 is 5.97 Å². The van der Waals surface area contributed by atoms with E-state index in [0.29, 0.717) is 0 Å². The molecular weight excluding hydrogens is 124 g/mol. The number of rotatable bonds is 0. The quantitative estimate of drug-likeness (QED) is 0.472. The average molecular weight is 129 g/mol. The molecule has 3 heteroatoms. The van der Waals surface area contributed by atoms with Gasteiger partial charge in [-0.1, -0.05) is 6.08 Å². The Hall–Kier alpha value is -0.990. The third-order valence-corrected chi connectivity index (χ3v) is 0.892. The van der Waals surface area contributed by atoms with Crippen molar-refractivity contribution in [3.8, 4) is 0 Å². The average Bonchev–Trinajstić information content (AvgIpc) is 1.97. The summed E-state index contributed by atoms with van der Waals surface area (Å²) < 4.78 is 24.2. The van der Waals surface area contributed by atoms with Crippen LogP contribution in [0, 0.1) is 0 Å². The summed E-state index contributed by atoms with van der Waals surface area (Å²) in [5, 5.41) is 0. The summed E-state index contributed by atoms with van der Waals surface area (Å²) in [6.45, 7) is -0.182. The molecule has 0 fully saturated rings. The summed E-state index contributed by atoms with van der Waals surface area (Å²) in [6, 6.07) is 0. The minimum Gasteiger partial charge on any atom is -0.251 e. The summed E-state index contributed by atoms with van der Waals surface area (Å²) in [5.74, 6) is -1.04. The van der Waals surface area contributed by atoms with Gasteiger partial charge in [-0.15, -0.1) is 0 Å². The first-order valence-electron chi connectivity index (χ1n) is 2.52. The van der Waals surface area contributed by atoms with Gasteiger partial charge in [0.2, 0.25) is 5.97 Å². The molecule has 0 aliphatic carbocycles. The van der Waals surface area contributed by atoms with Crippen molar-refractivity contribution in [3.05, 3.63) is 24.1 Å². The largest absolute Gasteiger partial charge is 0.251 e. The second-order valence-corrected chi connectivity index (χ2v) is 1.61. The smallest absolute Gasteiger partial charge is 0.208 e. The fourth-order valence-corrected chi connectivity index (χ4v) is 0.488. The van der Waals surface area contributed by atoms with E-state index in [1.54, 1.807) is 0 Å². The molecule has 0 spiro atoms. The zero-order chi connectivity index (χ0) is 6.69. The number of nitrogens with zero attached hydrogens (tertiary/aromatic N) is 1. The minimum atomic E-state index is -0.626. The van der Waals surface area contributed by atoms with Crippen LogP contribution in [0.3, 0.4) is 0 Å². The molecule has 0 aromatic heterocycles. The van der Waals surface area contributed by atoms with Crippen molar-refractivity contribution in [1.29, 1.82) is 0 Å². The van der Waals surface area contributed by atoms with Crippen molar-refractivity contribution in [2.24, 2.45) is 4.99 Å². The fourth-order valence-electron chi connectivity index (χ4n) is 0.488. The first kappa shape index (κ1) is 6.13. The van der Waals surface area contributed by atoms with Gasteiger partial charge in [-0.2, -0.15) is 4.39 Å². The van der Waals surface area contributed by atoms with Crippen molar-refractivity contribution in [2.75, 3.05) is 6.54 Å². The maximum absolute atomic E-state index is 12.2. The molecule has 0 unspecified atom stereocenters. The van der Waals surface area contributed by atoms with Crippen molar-refractivity contribution in [3.63, 3.8) is 0 Å². The first-order valence-corrected chi connectivity index (χ1v) is 2.52. The molecule has 0 saturated carbocycles. The second kappa shape index (κ2) is 2.53. The van der Waals surface area contributed by atoms with Gasteiger partial charge in [-0.3, -0.25) is 4.99 Å². The molecule has 1 aliphatic rings. The van der Waals surface area contributed by atoms with Gasteiger partial charge in [-0.05, 0) is 12.2 Å². The lowest BCUT2D eigenvalue weighted by Gasteiger charge is -1.83. The molecule has 0 amide bonds. The molecule has 0 N–H and O–H groups in total. The van der Waals surface area contributed by atoms with Gasteiger partial charge < -0.3 is 0 Å². The molecule has 0 aromatic carbocycles. The van der Waals surface area contributed by atoms with Crippen LogP contribution in [0.15, 0.2) is 29.0 Å². The van der Waals surface area contributed by atoms with Crippen LogP contribution in [0.5, 0.6) is 0 Å². The van der Waals surface area contributed by atoms with Crippen molar-refractivity contribution in [1.82, 2.24) is 0 Å². The summed E-state index contributed by atoms with van der Waals surface area (Å²) in [7, 11) is 0. The van der Waals surface area contributed by atoms with Crippen LogP contribution >= 0.6 is 0 Å². The number of hydrogen-bond acceptors (Lipinski definition) is 1. The highest BCUT2D eigenvalue weighted by atomic mass is 19.1. The molecule has 0 atom stereocenters. The lowest BCUT2D eigenvalue weighted by Crippen LogP contribution is -1.83. The van der Waals surface area contributed by atoms with Crippen molar-refractivity contribution in [2.45, 2.75) is 0 Å². The van der Waals surface area contributed by atoms with Gasteiger partial charge in [0.1, 0.15) is 5.83 Å². The molecule has 1 heterocycles. The standard InChI is InChI=1S/C6H5F2N/c7-5-2-1-3-6(8)9-4-5/h1-3H,4H2. The Labute approximate surface area is 51.4 Å². The maximum atomic E-state index is 12.2. The summed E-state index contributed by atoms with van der Waals surface area (Å²) >= 11 is 0. The van der Waals surface area contributed by atoms with Gasteiger partial charge in [0.25, 0.3) is 0 Å². The zero-order valence-corrected chi connectivity index (χ0v) is 4.64. The lowest BCUT2D eigenvalue weighted by atomic mass is 10.4. The van der Waals surface area contributed by atoms with Gasteiger partial charge in [-0.25, -0.2) is 4.39 Å². The molecule has 9 heavy (non-hydrogen) atoms. The number of halogens is 2. The Bertz CT molecular complexity index is 188. The Balaban J connectivity index is 2.75. The highest BCUT2D eigenvalue weighted by Crippen LogP contribution is 2.02. The predicted octanol–water partition coefficient (Wildman–Crippen LogP) is 1.78. The summed E-state index contributed by atoms with van der Waals surface area (Å²) in [6.07, 6.45) is 3.60. The van der Waals surface area contributed by atoms with Crippen LogP contribution in [-0.4, -0.2) is 12.5 Å². The number of aliphatic imine (C=N–C) groups is 1. The molecule has 48 valence electrons. The number of hydrogen-bond donors (Lipinski definition) is 0. The molecule has 1 aliphatic heterocycles. The summed E-state index contributed by atoms with van der Waals surface area (Å²) in [4.78, 5) is 3.22. The SMILES string of the molecule is FC1=CC=CC(F)=NC1. The van der Waals surface area contributed by atoms with Crippen LogP contribution in [0.1, 0.15) is 0 Å². The third-order valence-electron chi connectivity index (χ3n) is 0.892. The Morgan fingerprint density at radius 3 is 3.00 bits per heavy atom. The Morgan fingerprint density at radius 2 is 2.22 bits per heavy atom. The lowest BCUT2D eigenvalue weighted by molar-refractivity contribution is 0.617.